The van der Waals surface area contributed by atoms with Gasteiger partial charge < -0.3 is 10.1 Å². The lowest BCUT2D eigenvalue weighted by Gasteiger charge is -2.37. The lowest BCUT2D eigenvalue weighted by atomic mass is 9.97. The average Bonchev–Trinajstić information content (AvgIpc) is 2.41. The predicted molar refractivity (Wildman–Crippen MR) is 74.9 cm³/mol. The van der Waals surface area contributed by atoms with Crippen LogP contribution in [0.1, 0.15) is 25.3 Å². The minimum Gasteiger partial charge on any atom is -0.496 e. The smallest absolute Gasteiger partial charge is 0.123 e. The Kier molecular flexibility index (Phi) is 4.61. The molecule has 1 aliphatic heterocycles. The van der Waals surface area contributed by atoms with Crippen LogP contribution >= 0.6 is 0 Å². The fraction of sp³-hybridized carbons (Fsp3) is 0.600. The number of hydrogen-bond acceptors (Lipinski definition) is 3. The van der Waals surface area contributed by atoms with E-state index in [1.807, 2.05) is 12.1 Å². The number of piperidine rings is 1. The number of likely N-dealkylation sites (tertiary alicyclic amines) is 1. The molecule has 0 amide bonds. The van der Waals surface area contributed by atoms with Gasteiger partial charge in [0.25, 0.3) is 0 Å². The molecule has 1 aliphatic rings. The van der Waals surface area contributed by atoms with Crippen LogP contribution in [0.2, 0.25) is 0 Å². The number of methoxy groups -OCH3 is 1. The van der Waals surface area contributed by atoms with E-state index in [9.17, 15) is 0 Å². The maximum Gasteiger partial charge on any atom is 0.123 e. The Hall–Kier alpha value is -1.06. The van der Waals surface area contributed by atoms with Gasteiger partial charge in [0.1, 0.15) is 5.75 Å². The number of rotatable bonds is 4. The largest absolute Gasteiger partial charge is 0.496 e. The number of ether oxygens (including phenoxy) is 1. The Labute approximate surface area is 110 Å². The van der Waals surface area contributed by atoms with Crippen LogP contribution in [-0.4, -0.2) is 37.7 Å². The molecule has 1 heterocycles. The molecule has 18 heavy (non-hydrogen) atoms. The highest BCUT2D eigenvalue weighted by Gasteiger charge is 2.24. The molecule has 2 rings (SSSR count). The molecule has 3 heteroatoms. The highest BCUT2D eigenvalue weighted by Crippen LogP contribution is 2.24. The standard InChI is InChI=1S/C15H24N2O/c1-12-10-14(16-2)8-9-17(12)11-13-6-4-5-7-15(13)18-3/h4-7,12,14,16H,8-11H2,1-3H3. The van der Waals surface area contributed by atoms with Gasteiger partial charge in [0, 0.05) is 30.7 Å². The average molecular weight is 248 g/mol. The molecule has 1 aromatic rings. The van der Waals surface area contributed by atoms with Crippen molar-refractivity contribution in [3.63, 3.8) is 0 Å². The van der Waals surface area contributed by atoms with Gasteiger partial charge in [-0.2, -0.15) is 0 Å². The molecule has 0 aromatic heterocycles. The van der Waals surface area contributed by atoms with Crippen molar-refractivity contribution < 1.29 is 4.74 Å². The zero-order valence-corrected chi connectivity index (χ0v) is 11.6. The minimum absolute atomic E-state index is 0.626. The number of para-hydroxylation sites is 1. The second kappa shape index (κ2) is 6.21. The molecule has 1 fully saturated rings. The van der Waals surface area contributed by atoms with Crippen LogP contribution in [-0.2, 0) is 6.54 Å². The van der Waals surface area contributed by atoms with E-state index in [2.05, 4.69) is 36.3 Å². The fourth-order valence-electron chi connectivity index (χ4n) is 2.77. The predicted octanol–water partition coefficient (Wildman–Crippen LogP) is 2.27. The van der Waals surface area contributed by atoms with E-state index in [0.717, 1.165) is 18.8 Å². The lowest BCUT2D eigenvalue weighted by Crippen LogP contribution is -2.46. The number of benzene rings is 1. The number of nitrogens with zero attached hydrogens (tertiary/aromatic N) is 1. The second-order valence-electron chi connectivity index (χ2n) is 5.14. The van der Waals surface area contributed by atoms with Gasteiger partial charge in [0.15, 0.2) is 0 Å². The molecular formula is C15H24N2O. The van der Waals surface area contributed by atoms with E-state index >= 15 is 0 Å². The van der Waals surface area contributed by atoms with Gasteiger partial charge in [0.05, 0.1) is 7.11 Å². The first-order valence-electron chi connectivity index (χ1n) is 6.77. The van der Waals surface area contributed by atoms with Crippen LogP contribution in [0.25, 0.3) is 0 Å². The van der Waals surface area contributed by atoms with Gasteiger partial charge in [-0.05, 0) is 32.9 Å². The summed E-state index contributed by atoms with van der Waals surface area (Å²) in [4.78, 5) is 2.55. The molecule has 1 saturated heterocycles. The topological polar surface area (TPSA) is 24.5 Å². The highest BCUT2D eigenvalue weighted by atomic mass is 16.5. The van der Waals surface area contributed by atoms with Gasteiger partial charge >= 0.3 is 0 Å². The summed E-state index contributed by atoms with van der Waals surface area (Å²) in [6, 6.07) is 9.62. The first-order chi connectivity index (χ1) is 8.74. The molecule has 0 spiro atoms. The van der Waals surface area contributed by atoms with Gasteiger partial charge in [-0.15, -0.1) is 0 Å². The summed E-state index contributed by atoms with van der Waals surface area (Å²) in [5.41, 5.74) is 1.29. The molecule has 2 unspecified atom stereocenters. The highest BCUT2D eigenvalue weighted by molar-refractivity contribution is 5.33. The van der Waals surface area contributed by atoms with E-state index in [-0.39, 0.29) is 0 Å². The van der Waals surface area contributed by atoms with Crippen LogP contribution in [0.4, 0.5) is 0 Å². The normalized spacial score (nSPS) is 25.1. The lowest BCUT2D eigenvalue weighted by molar-refractivity contribution is 0.130. The van der Waals surface area contributed by atoms with Gasteiger partial charge in [-0.3, -0.25) is 4.90 Å². The SMILES string of the molecule is CNC1CCN(Cc2ccccc2OC)C(C)C1. The number of nitrogens with one attached hydrogen (secondary N) is 1. The molecule has 0 aliphatic carbocycles. The molecule has 100 valence electrons. The molecule has 3 nitrogen and oxygen atoms in total. The molecule has 2 atom stereocenters. The minimum atomic E-state index is 0.626. The third-order valence-corrected chi connectivity index (χ3v) is 3.99. The van der Waals surface area contributed by atoms with Crippen molar-refractivity contribution in [3.8, 4) is 5.75 Å². The maximum absolute atomic E-state index is 5.43. The molecule has 0 radical (unpaired) electrons. The molecule has 1 N–H and O–H groups in total. The summed E-state index contributed by atoms with van der Waals surface area (Å²) in [5.74, 6) is 1.00. The molecule has 1 aromatic carbocycles. The van der Waals surface area contributed by atoms with E-state index in [0.29, 0.717) is 12.1 Å². The third-order valence-electron chi connectivity index (χ3n) is 3.99. The summed E-state index contributed by atoms with van der Waals surface area (Å²) in [5, 5.41) is 3.39. The fourth-order valence-corrected chi connectivity index (χ4v) is 2.77. The van der Waals surface area contributed by atoms with Crippen molar-refractivity contribution in [1.29, 1.82) is 0 Å². The third kappa shape index (κ3) is 3.03. The van der Waals surface area contributed by atoms with Crippen molar-refractivity contribution in [2.75, 3.05) is 20.7 Å². The quantitative estimate of drug-likeness (QED) is 0.884. The van der Waals surface area contributed by atoms with Gasteiger partial charge in [-0.25, -0.2) is 0 Å². The Bertz CT molecular complexity index is 381. The first-order valence-corrected chi connectivity index (χ1v) is 6.77. The van der Waals surface area contributed by atoms with Crippen LogP contribution in [0, 0.1) is 0 Å². The van der Waals surface area contributed by atoms with Gasteiger partial charge in [0.2, 0.25) is 0 Å². The van der Waals surface area contributed by atoms with E-state index < -0.39 is 0 Å². The Morgan fingerprint density at radius 3 is 2.83 bits per heavy atom. The van der Waals surface area contributed by atoms with Crippen molar-refractivity contribution in [1.82, 2.24) is 10.2 Å². The monoisotopic (exact) mass is 248 g/mol. The van der Waals surface area contributed by atoms with E-state index in [1.54, 1.807) is 7.11 Å². The summed E-state index contributed by atoms with van der Waals surface area (Å²) < 4.78 is 5.43. The second-order valence-corrected chi connectivity index (χ2v) is 5.14. The zero-order chi connectivity index (χ0) is 13.0. The van der Waals surface area contributed by atoms with Crippen LogP contribution in [0.3, 0.4) is 0 Å². The molecule has 0 saturated carbocycles. The molecule has 0 bridgehead atoms. The van der Waals surface area contributed by atoms with Crippen molar-refractivity contribution in [2.24, 2.45) is 0 Å². The van der Waals surface area contributed by atoms with Gasteiger partial charge in [-0.1, -0.05) is 18.2 Å². The van der Waals surface area contributed by atoms with Crippen LogP contribution in [0.15, 0.2) is 24.3 Å². The first kappa shape index (κ1) is 13.4. The van der Waals surface area contributed by atoms with E-state index in [4.69, 9.17) is 4.74 Å². The summed E-state index contributed by atoms with van der Waals surface area (Å²) >= 11 is 0. The molecular weight excluding hydrogens is 224 g/mol. The van der Waals surface area contributed by atoms with Crippen LogP contribution in [0.5, 0.6) is 5.75 Å². The Balaban J connectivity index is 2.01. The van der Waals surface area contributed by atoms with Crippen LogP contribution < -0.4 is 10.1 Å². The summed E-state index contributed by atoms with van der Waals surface area (Å²) in [7, 11) is 3.81. The van der Waals surface area contributed by atoms with Crippen molar-refractivity contribution >= 4 is 0 Å². The maximum atomic E-state index is 5.43. The zero-order valence-electron chi connectivity index (χ0n) is 11.6. The Morgan fingerprint density at radius 1 is 1.39 bits per heavy atom. The Morgan fingerprint density at radius 2 is 2.17 bits per heavy atom. The summed E-state index contributed by atoms with van der Waals surface area (Å²) in [6.07, 6.45) is 2.46. The summed E-state index contributed by atoms with van der Waals surface area (Å²) in [6.45, 7) is 4.46. The van der Waals surface area contributed by atoms with Crippen molar-refractivity contribution in [3.05, 3.63) is 29.8 Å². The number of hydrogen-bond donors (Lipinski definition) is 1. The van der Waals surface area contributed by atoms with Crippen molar-refractivity contribution in [2.45, 2.75) is 38.4 Å². The van der Waals surface area contributed by atoms with E-state index in [1.165, 1.54) is 18.4 Å².